The number of rotatable bonds is 6. The van der Waals surface area contributed by atoms with Gasteiger partial charge in [-0.15, -0.1) is 0 Å². The summed E-state index contributed by atoms with van der Waals surface area (Å²) in [5, 5.41) is 0. The summed E-state index contributed by atoms with van der Waals surface area (Å²) in [4.78, 5) is 11.0. The van der Waals surface area contributed by atoms with Crippen molar-refractivity contribution in [3.63, 3.8) is 0 Å². The van der Waals surface area contributed by atoms with Crippen LogP contribution in [0.5, 0.6) is 0 Å². The molecule has 0 aromatic carbocycles. The second-order valence-corrected chi connectivity index (χ2v) is 4.52. The van der Waals surface area contributed by atoms with Crippen molar-refractivity contribution in [3.05, 3.63) is 54.0 Å². The van der Waals surface area contributed by atoms with E-state index in [-0.39, 0.29) is 0 Å². The van der Waals surface area contributed by atoms with Crippen molar-refractivity contribution in [2.24, 2.45) is 5.73 Å². The molecule has 0 aliphatic heterocycles. The Bertz CT molecular complexity index is 499. The molecular formula is C15H20N4. The van der Waals surface area contributed by atoms with E-state index in [0.717, 1.165) is 30.9 Å². The SMILES string of the molecule is CN(CCc1ccccn1)c1ncccc1CCN. The Labute approximate surface area is 114 Å². The number of likely N-dealkylation sites (N-methyl/N-ethyl adjacent to an activating group) is 1. The summed E-state index contributed by atoms with van der Waals surface area (Å²) in [7, 11) is 2.06. The molecule has 0 amide bonds. The van der Waals surface area contributed by atoms with E-state index < -0.39 is 0 Å². The summed E-state index contributed by atoms with van der Waals surface area (Å²) in [5.41, 5.74) is 7.94. The van der Waals surface area contributed by atoms with E-state index in [1.807, 2.05) is 36.7 Å². The number of nitrogens with two attached hydrogens (primary N) is 1. The molecule has 2 aromatic rings. The molecule has 2 aromatic heterocycles. The largest absolute Gasteiger partial charge is 0.359 e. The molecule has 0 unspecified atom stereocenters. The third kappa shape index (κ3) is 3.76. The Morgan fingerprint density at radius 2 is 1.89 bits per heavy atom. The molecular weight excluding hydrogens is 236 g/mol. The molecule has 4 heteroatoms. The second-order valence-electron chi connectivity index (χ2n) is 4.52. The van der Waals surface area contributed by atoms with E-state index in [1.54, 1.807) is 0 Å². The summed E-state index contributed by atoms with van der Waals surface area (Å²) >= 11 is 0. The molecule has 0 aliphatic rings. The Hall–Kier alpha value is -1.94. The topological polar surface area (TPSA) is 55.0 Å². The lowest BCUT2D eigenvalue weighted by Gasteiger charge is -2.20. The first-order chi connectivity index (χ1) is 9.31. The zero-order chi connectivity index (χ0) is 13.5. The first-order valence-corrected chi connectivity index (χ1v) is 6.56. The lowest BCUT2D eigenvalue weighted by atomic mass is 10.1. The van der Waals surface area contributed by atoms with Crippen LogP contribution < -0.4 is 10.6 Å². The molecule has 2 N–H and O–H groups in total. The number of hydrogen-bond donors (Lipinski definition) is 1. The normalized spacial score (nSPS) is 10.4. The molecule has 0 bridgehead atoms. The van der Waals surface area contributed by atoms with Gasteiger partial charge in [-0.25, -0.2) is 4.98 Å². The van der Waals surface area contributed by atoms with Crippen LogP contribution in [0.3, 0.4) is 0 Å². The highest BCUT2D eigenvalue weighted by Gasteiger charge is 2.08. The minimum absolute atomic E-state index is 0.646. The third-order valence-electron chi connectivity index (χ3n) is 3.07. The maximum absolute atomic E-state index is 5.64. The van der Waals surface area contributed by atoms with Crippen LogP contribution in [0.15, 0.2) is 42.7 Å². The van der Waals surface area contributed by atoms with Crippen LogP contribution in [0.1, 0.15) is 11.3 Å². The second kappa shape index (κ2) is 6.85. The Kier molecular flexibility index (Phi) is 4.86. The van der Waals surface area contributed by atoms with E-state index in [4.69, 9.17) is 5.73 Å². The van der Waals surface area contributed by atoms with E-state index in [2.05, 4.69) is 28.0 Å². The minimum atomic E-state index is 0.646. The van der Waals surface area contributed by atoms with Crippen molar-refractivity contribution in [1.82, 2.24) is 9.97 Å². The fourth-order valence-corrected chi connectivity index (χ4v) is 2.06. The molecule has 0 fully saturated rings. The number of pyridine rings is 2. The lowest BCUT2D eigenvalue weighted by Crippen LogP contribution is -2.23. The van der Waals surface area contributed by atoms with E-state index in [1.165, 1.54) is 5.56 Å². The van der Waals surface area contributed by atoms with Crippen molar-refractivity contribution in [2.45, 2.75) is 12.8 Å². The van der Waals surface area contributed by atoms with Crippen molar-refractivity contribution in [3.8, 4) is 0 Å². The van der Waals surface area contributed by atoms with Crippen molar-refractivity contribution in [1.29, 1.82) is 0 Å². The van der Waals surface area contributed by atoms with Gasteiger partial charge in [0.2, 0.25) is 0 Å². The highest BCUT2D eigenvalue weighted by Crippen LogP contribution is 2.16. The predicted molar refractivity (Wildman–Crippen MR) is 78.2 cm³/mol. The van der Waals surface area contributed by atoms with Crippen LogP contribution in [-0.4, -0.2) is 30.1 Å². The number of anilines is 1. The molecule has 0 aliphatic carbocycles. The van der Waals surface area contributed by atoms with Crippen LogP contribution in [-0.2, 0) is 12.8 Å². The first kappa shape index (κ1) is 13.5. The maximum atomic E-state index is 5.64. The monoisotopic (exact) mass is 256 g/mol. The Morgan fingerprint density at radius 1 is 1.05 bits per heavy atom. The molecule has 19 heavy (non-hydrogen) atoms. The smallest absolute Gasteiger partial charge is 0.131 e. The molecule has 0 saturated carbocycles. The van der Waals surface area contributed by atoms with E-state index in [0.29, 0.717) is 6.54 Å². The van der Waals surface area contributed by atoms with Gasteiger partial charge in [0.15, 0.2) is 0 Å². The van der Waals surface area contributed by atoms with E-state index in [9.17, 15) is 0 Å². The van der Waals surface area contributed by atoms with Gasteiger partial charge in [0, 0.05) is 38.1 Å². The summed E-state index contributed by atoms with van der Waals surface area (Å²) in [6.45, 7) is 1.54. The number of aromatic nitrogens is 2. The predicted octanol–water partition coefficient (Wildman–Crippen LogP) is 1.66. The summed E-state index contributed by atoms with van der Waals surface area (Å²) < 4.78 is 0. The molecule has 0 saturated heterocycles. The van der Waals surface area contributed by atoms with Gasteiger partial charge in [-0.1, -0.05) is 12.1 Å². The van der Waals surface area contributed by atoms with Crippen molar-refractivity contribution < 1.29 is 0 Å². The standard InChI is InChI=1S/C15H20N4/c1-19(12-8-14-6-2-3-10-17-14)15-13(7-9-16)5-4-11-18-15/h2-6,10-11H,7-9,12,16H2,1H3. The average molecular weight is 256 g/mol. The highest BCUT2D eigenvalue weighted by molar-refractivity contribution is 5.46. The van der Waals surface area contributed by atoms with Gasteiger partial charge >= 0.3 is 0 Å². The average Bonchev–Trinajstić information content (AvgIpc) is 2.47. The molecule has 4 nitrogen and oxygen atoms in total. The third-order valence-corrected chi connectivity index (χ3v) is 3.07. The van der Waals surface area contributed by atoms with Crippen LogP contribution >= 0.6 is 0 Å². The molecule has 0 radical (unpaired) electrons. The van der Waals surface area contributed by atoms with Gasteiger partial charge in [-0.2, -0.15) is 0 Å². The van der Waals surface area contributed by atoms with Gasteiger partial charge in [0.1, 0.15) is 5.82 Å². The molecule has 0 spiro atoms. The number of nitrogens with zero attached hydrogens (tertiary/aromatic N) is 3. The van der Waals surface area contributed by atoms with Gasteiger partial charge in [0.25, 0.3) is 0 Å². The fourth-order valence-electron chi connectivity index (χ4n) is 2.06. The minimum Gasteiger partial charge on any atom is -0.359 e. The van der Waals surface area contributed by atoms with Gasteiger partial charge in [0.05, 0.1) is 0 Å². The zero-order valence-electron chi connectivity index (χ0n) is 11.3. The molecule has 2 rings (SSSR count). The van der Waals surface area contributed by atoms with Gasteiger partial charge in [-0.05, 0) is 36.7 Å². The summed E-state index contributed by atoms with van der Waals surface area (Å²) in [6, 6.07) is 10.1. The quantitative estimate of drug-likeness (QED) is 0.854. The van der Waals surface area contributed by atoms with Crippen LogP contribution in [0.4, 0.5) is 5.82 Å². The molecule has 0 atom stereocenters. The Morgan fingerprint density at radius 3 is 2.63 bits per heavy atom. The fraction of sp³-hybridized carbons (Fsp3) is 0.333. The summed E-state index contributed by atoms with van der Waals surface area (Å²) in [5.74, 6) is 1.02. The Balaban J connectivity index is 2.01. The van der Waals surface area contributed by atoms with E-state index >= 15 is 0 Å². The highest BCUT2D eigenvalue weighted by atomic mass is 15.2. The lowest BCUT2D eigenvalue weighted by molar-refractivity contribution is 0.825. The van der Waals surface area contributed by atoms with Crippen molar-refractivity contribution in [2.75, 3.05) is 25.0 Å². The first-order valence-electron chi connectivity index (χ1n) is 6.56. The molecule has 100 valence electrons. The van der Waals surface area contributed by atoms with Crippen LogP contribution in [0.25, 0.3) is 0 Å². The van der Waals surface area contributed by atoms with Gasteiger partial charge < -0.3 is 10.6 Å². The van der Waals surface area contributed by atoms with Gasteiger partial charge in [-0.3, -0.25) is 4.98 Å². The van der Waals surface area contributed by atoms with Crippen LogP contribution in [0.2, 0.25) is 0 Å². The number of hydrogen-bond acceptors (Lipinski definition) is 4. The van der Waals surface area contributed by atoms with Crippen molar-refractivity contribution >= 4 is 5.82 Å². The maximum Gasteiger partial charge on any atom is 0.131 e. The van der Waals surface area contributed by atoms with Crippen LogP contribution in [0, 0.1) is 0 Å². The molecule has 2 heterocycles. The zero-order valence-corrected chi connectivity index (χ0v) is 11.3. The summed E-state index contributed by atoms with van der Waals surface area (Å²) in [6.07, 6.45) is 5.43.